The Kier molecular flexibility index (Phi) is 5.98. The Hall–Kier alpha value is -3.43. The van der Waals surface area contributed by atoms with Gasteiger partial charge in [-0.2, -0.15) is 0 Å². The van der Waals surface area contributed by atoms with Crippen molar-refractivity contribution in [2.75, 3.05) is 0 Å². The van der Waals surface area contributed by atoms with Crippen molar-refractivity contribution in [1.29, 1.82) is 0 Å². The lowest BCUT2D eigenvalue weighted by Crippen LogP contribution is -2.07. The van der Waals surface area contributed by atoms with Crippen LogP contribution in [0.15, 0.2) is 103 Å². The predicted molar refractivity (Wildman–Crippen MR) is 116 cm³/mol. The average molecular weight is 381 g/mol. The summed E-state index contributed by atoms with van der Waals surface area (Å²) in [5, 5.41) is 10.9. The fraction of sp³-hybridized carbons (Fsp3) is 0.115. The predicted octanol–water partition coefficient (Wildman–Crippen LogP) is 5.60. The highest BCUT2D eigenvalue weighted by Crippen LogP contribution is 2.28. The van der Waals surface area contributed by atoms with Gasteiger partial charge >= 0.3 is 0 Å². The Morgan fingerprint density at radius 2 is 1.41 bits per heavy atom. The number of para-hydroxylation sites is 1. The fourth-order valence-electron chi connectivity index (χ4n) is 3.29. The Morgan fingerprint density at radius 1 is 0.724 bits per heavy atom. The first kappa shape index (κ1) is 18.9. The van der Waals surface area contributed by atoms with Gasteiger partial charge in [-0.3, -0.25) is 4.98 Å². The molecule has 3 nitrogen and oxygen atoms in total. The number of pyridine rings is 1. The number of ether oxygens (including phenoxy) is 1. The van der Waals surface area contributed by atoms with Crippen LogP contribution in [-0.2, 0) is 13.0 Å². The standard InChI is InChI=1S/C26H23NO2/c28-25(18-22-14-9-16-24(27-22)21-12-5-2-6-13-21)23-15-7-8-17-26(23)29-19-20-10-3-1-4-11-20/h1-17,25,28H,18-19H2. The van der Waals surface area contributed by atoms with Gasteiger partial charge in [0.2, 0.25) is 0 Å². The van der Waals surface area contributed by atoms with Gasteiger partial charge in [-0.25, -0.2) is 0 Å². The van der Waals surface area contributed by atoms with Gasteiger partial charge in [0.25, 0.3) is 0 Å². The Labute approximate surface area is 171 Å². The normalized spacial score (nSPS) is 11.8. The monoisotopic (exact) mass is 381 g/mol. The molecule has 3 heteroatoms. The summed E-state index contributed by atoms with van der Waals surface area (Å²) < 4.78 is 5.99. The molecule has 1 aromatic heterocycles. The number of aliphatic hydroxyl groups is 1. The minimum Gasteiger partial charge on any atom is -0.489 e. The van der Waals surface area contributed by atoms with Gasteiger partial charge in [0.15, 0.2) is 0 Å². The van der Waals surface area contributed by atoms with Crippen molar-refractivity contribution in [2.24, 2.45) is 0 Å². The van der Waals surface area contributed by atoms with Gasteiger partial charge < -0.3 is 9.84 Å². The highest BCUT2D eigenvalue weighted by Gasteiger charge is 2.15. The molecule has 4 aromatic rings. The molecule has 4 rings (SSSR count). The molecule has 29 heavy (non-hydrogen) atoms. The maximum atomic E-state index is 10.9. The van der Waals surface area contributed by atoms with Crippen LogP contribution in [0.1, 0.15) is 22.9 Å². The molecule has 0 aliphatic carbocycles. The summed E-state index contributed by atoms with van der Waals surface area (Å²) in [6.45, 7) is 0.465. The van der Waals surface area contributed by atoms with Crippen molar-refractivity contribution in [1.82, 2.24) is 4.98 Å². The third-order valence-electron chi connectivity index (χ3n) is 4.79. The van der Waals surface area contributed by atoms with Gasteiger partial charge in [-0.05, 0) is 23.8 Å². The highest BCUT2D eigenvalue weighted by molar-refractivity contribution is 5.58. The van der Waals surface area contributed by atoms with Crippen LogP contribution in [-0.4, -0.2) is 10.1 Å². The second-order valence-corrected chi connectivity index (χ2v) is 6.91. The summed E-state index contributed by atoms with van der Waals surface area (Å²) in [6.07, 6.45) is -0.271. The van der Waals surface area contributed by atoms with Gasteiger partial charge in [-0.1, -0.05) is 84.9 Å². The molecule has 0 saturated carbocycles. The molecule has 3 aromatic carbocycles. The van der Waals surface area contributed by atoms with Crippen LogP contribution in [0.4, 0.5) is 0 Å². The highest BCUT2D eigenvalue weighted by atomic mass is 16.5. The Balaban J connectivity index is 1.50. The first-order chi connectivity index (χ1) is 14.3. The topological polar surface area (TPSA) is 42.4 Å². The number of nitrogens with zero attached hydrogens (tertiary/aromatic N) is 1. The molecule has 0 aliphatic heterocycles. The molecule has 0 spiro atoms. The molecule has 0 bridgehead atoms. The van der Waals surface area contributed by atoms with Crippen molar-refractivity contribution in [2.45, 2.75) is 19.1 Å². The van der Waals surface area contributed by atoms with Crippen LogP contribution in [0, 0.1) is 0 Å². The van der Waals surface area contributed by atoms with Gasteiger partial charge in [0, 0.05) is 23.2 Å². The Bertz CT molecular complexity index is 1050. The molecular weight excluding hydrogens is 358 g/mol. The Morgan fingerprint density at radius 3 is 2.21 bits per heavy atom. The lowest BCUT2D eigenvalue weighted by molar-refractivity contribution is 0.169. The number of rotatable bonds is 7. The van der Waals surface area contributed by atoms with E-state index in [0.717, 1.165) is 28.1 Å². The minimum absolute atomic E-state index is 0.423. The van der Waals surface area contributed by atoms with Crippen molar-refractivity contribution in [3.05, 3.63) is 120 Å². The van der Waals surface area contributed by atoms with Crippen LogP contribution in [0.2, 0.25) is 0 Å². The molecule has 0 fully saturated rings. The van der Waals surface area contributed by atoms with Gasteiger partial charge in [-0.15, -0.1) is 0 Å². The summed E-state index contributed by atoms with van der Waals surface area (Å²) in [5.41, 5.74) is 4.68. The fourth-order valence-corrected chi connectivity index (χ4v) is 3.29. The summed E-state index contributed by atoms with van der Waals surface area (Å²) in [6, 6.07) is 33.6. The van der Waals surface area contributed by atoms with Gasteiger partial charge in [0.05, 0.1) is 11.8 Å². The summed E-state index contributed by atoms with van der Waals surface area (Å²) in [4.78, 5) is 4.73. The lowest BCUT2D eigenvalue weighted by Gasteiger charge is -2.16. The third-order valence-corrected chi connectivity index (χ3v) is 4.79. The van der Waals surface area contributed by atoms with E-state index in [2.05, 4.69) is 0 Å². The van der Waals surface area contributed by atoms with Crippen LogP contribution >= 0.6 is 0 Å². The van der Waals surface area contributed by atoms with E-state index in [4.69, 9.17) is 9.72 Å². The maximum absolute atomic E-state index is 10.9. The molecule has 1 unspecified atom stereocenters. The van der Waals surface area contributed by atoms with Crippen LogP contribution < -0.4 is 4.74 Å². The second-order valence-electron chi connectivity index (χ2n) is 6.91. The number of aliphatic hydroxyl groups excluding tert-OH is 1. The zero-order valence-electron chi connectivity index (χ0n) is 16.1. The number of hydrogen-bond donors (Lipinski definition) is 1. The van der Waals surface area contributed by atoms with E-state index in [1.165, 1.54) is 0 Å². The maximum Gasteiger partial charge on any atom is 0.125 e. The largest absolute Gasteiger partial charge is 0.489 e. The minimum atomic E-state index is -0.694. The van der Waals surface area contributed by atoms with Crippen molar-refractivity contribution >= 4 is 0 Å². The quantitative estimate of drug-likeness (QED) is 0.453. The van der Waals surface area contributed by atoms with Gasteiger partial charge in [0.1, 0.15) is 12.4 Å². The van der Waals surface area contributed by atoms with Crippen LogP contribution in [0.5, 0.6) is 5.75 Å². The summed E-state index contributed by atoms with van der Waals surface area (Å²) >= 11 is 0. The second kappa shape index (κ2) is 9.18. The molecule has 0 saturated heterocycles. The molecule has 144 valence electrons. The van der Waals surface area contributed by atoms with E-state index < -0.39 is 6.10 Å². The van der Waals surface area contributed by atoms with E-state index in [1.54, 1.807) is 0 Å². The molecule has 1 N–H and O–H groups in total. The summed E-state index contributed by atoms with van der Waals surface area (Å²) in [5.74, 6) is 0.697. The SMILES string of the molecule is OC(Cc1cccc(-c2ccccc2)n1)c1ccccc1OCc1ccccc1. The van der Waals surface area contributed by atoms with Crippen LogP contribution in [0.25, 0.3) is 11.3 Å². The third kappa shape index (κ3) is 4.89. The first-order valence-electron chi connectivity index (χ1n) is 9.74. The number of hydrogen-bond acceptors (Lipinski definition) is 3. The van der Waals surface area contributed by atoms with E-state index in [9.17, 15) is 5.11 Å². The molecule has 1 atom stereocenters. The lowest BCUT2D eigenvalue weighted by atomic mass is 10.0. The molecule has 0 radical (unpaired) electrons. The van der Waals surface area contributed by atoms with Crippen molar-refractivity contribution < 1.29 is 9.84 Å². The van der Waals surface area contributed by atoms with E-state index in [1.807, 2.05) is 103 Å². The van der Waals surface area contributed by atoms with E-state index in [-0.39, 0.29) is 0 Å². The number of benzene rings is 3. The van der Waals surface area contributed by atoms with Crippen molar-refractivity contribution in [3.63, 3.8) is 0 Å². The average Bonchev–Trinajstić information content (AvgIpc) is 2.79. The zero-order valence-corrected chi connectivity index (χ0v) is 16.1. The van der Waals surface area contributed by atoms with Crippen LogP contribution in [0.3, 0.4) is 0 Å². The smallest absolute Gasteiger partial charge is 0.125 e. The van der Waals surface area contributed by atoms with Crippen molar-refractivity contribution in [3.8, 4) is 17.0 Å². The molecule has 0 amide bonds. The molecule has 1 heterocycles. The van der Waals surface area contributed by atoms with E-state index >= 15 is 0 Å². The number of aromatic nitrogens is 1. The molecular formula is C26H23NO2. The summed E-state index contributed by atoms with van der Waals surface area (Å²) in [7, 11) is 0. The van der Waals surface area contributed by atoms with E-state index in [0.29, 0.717) is 18.8 Å². The molecule has 0 aliphatic rings. The first-order valence-corrected chi connectivity index (χ1v) is 9.74. The zero-order chi connectivity index (χ0) is 19.9.